The summed E-state index contributed by atoms with van der Waals surface area (Å²) in [5.41, 5.74) is 0. The molecule has 1 aliphatic carbocycles. The maximum Gasteiger partial charge on any atom is 0.161 e. The monoisotopic (exact) mass is 214 g/mol. The van der Waals surface area contributed by atoms with Gasteiger partial charge in [-0.15, -0.1) is 11.6 Å². The summed E-state index contributed by atoms with van der Waals surface area (Å²) in [6.07, 6.45) is 3.77. The summed E-state index contributed by atoms with van der Waals surface area (Å²) >= 11 is 17.3. The molecule has 1 rings (SSSR count). The van der Waals surface area contributed by atoms with Gasteiger partial charge in [0.2, 0.25) is 0 Å². The minimum absolute atomic E-state index is 0.465. The van der Waals surface area contributed by atoms with Gasteiger partial charge in [0.25, 0.3) is 0 Å². The third-order valence-corrected chi connectivity index (χ3v) is 3.15. The van der Waals surface area contributed by atoms with Crippen LogP contribution in [-0.4, -0.2) is 9.21 Å². The minimum atomic E-state index is -1.37. The van der Waals surface area contributed by atoms with E-state index in [1.807, 2.05) is 0 Å². The highest BCUT2D eigenvalue weighted by molar-refractivity contribution is 6.55. The van der Waals surface area contributed by atoms with Gasteiger partial charge in [-0.3, -0.25) is 0 Å². The molecule has 0 fully saturated rings. The molecule has 0 bridgehead atoms. The number of allylic oxidation sites excluding steroid dienone is 4. The molecule has 0 nitrogen and oxygen atoms in total. The Morgan fingerprint density at radius 1 is 1.36 bits per heavy atom. The first-order valence-electron chi connectivity index (χ1n) is 2.99. The fraction of sp³-hybridized carbons (Fsp3) is 0.429. The Morgan fingerprint density at radius 2 is 1.91 bits per heavy atom. The number of alkyl halides is 3. The molecular weight excluding hydrogens is 209 g/mol. The van der Waals surface area contributed by atoms with Crippen LogP contribution in [0.25, 0.3) is 0 Å². The third kappa shape index (κ3) is 1.71. The molecule has 62 valence electrons. The highest BCUT2D eigenvalue weighted by atomic mass is 35.5. The van der Waals surface area contributed by atoms with Crippen LogP contribution in [0.2, 0.25) is 0 Å². The minimum Gasteiger partial charge on any atom is -0.207 e. The summed E-state index contributed by atoms with van der Waals surface area (Å²) in [7, 11) is 0. The van der Waals surface area contributed by atoms with Crippen molar-refractivity contribution >= 4 is 34.8 Å². The van der Waals surface area contributed by atoms with Crippen LogP contribution in [0.1, 0.15) is 6.92 Å². The second kappa shape index (κ2) is 2.65. The maximum atomic E-state index is 12.6. The fourth-order valence-electron chi connectivity index (χ4n) is 0.710. The second-order valence-electron chi connectivity index (χ2n) is 2.56. The van der Waals surface area contributed by atoms with E-state index >= 15 is 0 Å². The Balaban J connectivity index is 3.04. The van der Waals surface area contributed by atoms with Gasteiger partial charge in [-0.2, -0.15) is 0 Å². The first-order chi connectivity index (χ1) is 4.85. The van der Waals surface area contributed by atoms with E-state index in [1.54, 1.807) is 6.92 Å². The van der Waals surface area contributed by atoms with Crippen molar-refractivity contribution in [3.8, 4) is 0 Å². The molecule has 0 aliphatic heterocycles. The lowest BCUT2D eigenvalue weighted by Crippen LogP contribution is -2.36. The molecule has 0 heterocycles. The Bertz CT molecular complexity index is 228. The predicted octanol–water partition coefficient (Wildman–Crippen LogP) is 3.58. The molecule has 0 aromatic carbocycles. The van der Waals surface area contributed by atoms with Gasteiger partial charge in [0, 0.05) is 0 Å². The van der Waals surface area contributed by atoms with Gasteiger partial charge in [-0.1, -0.05) is 29.3 Å². The van der Waals surface area contributed by atoms with Crippen molar-refractivity contribution in [1.29, 1.82) is 0 Å². The molecule has 0 N–H and O–H groups in total. The lowest BCUT2D eigenvalue weighted by molar-refractivity contribution is 0.624. The Labute approximate surface area is 79.6 Å². The Hall–Kier alpha value is 0.280. The van der Waals surface area contributed by atoms with Gasteiger partial charge in [-0.25, -0.2) is 4.39 Å². The zero-order valence-corrected chi connectivity index (χ0v) is 8.01. The molecule has 0 saturated carbocycles. The van der Waals surface area contributed by atoms with E-state index in [0.717, 1.165) is 6.08 Å². The molecule has 0 aromatic rings. The van der Waals surface area contributed by atoms with Gasteiger partial charge < -0.3 is 0 Å². The third-order valence-electron chi connectivity index (χ3n) is 1.53. The summed E-state index contributed by atoms with van der Waals surface area (Å²) in [5.74, 6) is -0.465. The summed E-state index contributed by atoms with van der Waals surface area (Å²) in [6, 6.07) is 0. The molecule has 0 aromatic heterocycles. The molecule has 1 unspecified atom stereocenters. The summed E-state index contributed by atoms with van der Waals surface area (Å²) in [5, 5.41) is 0. The molecule has 4 heteroatoms. The van der Waals surface area contributed by atoms with Crippen LogP contribution < -0.4 is 0 Å². The van der Waals surface area contributed by atoms with E-state index < -0.39 is 15.0 Å². The summed E-state index contributed by atoms with van der Waals surface area (Å²) < 4.78 is 11.2. The van der Waals surface area contributed by atoms with Crippen molar-refractivity contribution in [3.05, 3.63) is 24.1 Å². The van der Waals surface area contributed by atoms with Crippen molar-refractivity contribution in [1.82, 2.24) is 0 Å². The topological polar surface area (TPSA) is 0 Å². The molecule has 1 atom stereocenters. The van der Waals surface area contributed by atoms with Gasteiger partial charge in [0.15, 0.2) is 4.33 Å². The SMILES string of the molecule is CC1(Cl)C=CC(F)=CC1(Cl)Cl. The largest absolute Gasteiger partial charge is 0.207 e. The molecule has 0 amide bonds. The van der Waals surface area contributed by atoms with Crippen molar-refractivity contribution in [3.63, 3.8) is 0 Å². The van der Waals surface area contributed by atoms with Crippen LogP contribution in [0.3, 0.4) is 0 Å². The maximum absolute atomic E-state index is 12.6. The number of hydrogen-bond donors (Lipinski definition) is 0. The molecule has 0 radical (unpaired) electrons. The molecule has 0 spiro atoms. The highest BCUT2D eigenvalue weighted by Gasteiger charge is 2.43. The normalized spacial score (nSPS) is 35.2. The quantitative estimate of drug-likeness (QED) is 0.542. The average Bonchev–Trinajstić information content (AvgIpc) is 1.80. The van der Waals surface area contributed by atoms with Crippen LogP contribution >= 0.6 is 34.8 Å². The van der Waals surface area contributed by atoms with Crippen molar-refractivity contribution in [2.45, 2.75) is 16.1 Å². The van der Waals surface area contributed by atoms with E-state index in [9.17, 15) is 4.39 Å². The first-order valence-corrected chi connectivity index (χ1v) is 4.13. The van der Waals surface area contributed by atoms with Crippen LogP contribution in [0.15, 0.2) is 24.1 Å². The van der Waals surface area contributed by atoms with E-state index in [1.165, 1.54) is 12.2 Å². The zero-order valence-electron chi connectivity index (χ0n) is 5.74. The van der Waals surface area contributed by atoms with Gasteiger partial charge in [0.1, 0.15) is 5.83 Å². The first kappa shape index (κ1) is 9.37. The van der Waals surface area contributed by atoms with Gasteiger partial charge >= 0.3 is 0 Å². The molecule has 11 heavy (non-hydrogen) atoms. The number of hydrogen-bond acceptors (Lipinski definition) is 0. The highest BCUT2D eigenvalue weighted by Crippen LogP contribution is 2.44. The molecule has 1 aliphatic rings. The number of halogens is 4. The van der Waals surface area contributed by atoms with Crippen LogP contribution in [0, 0.1) is 0 Å². The zero-order chi connectivity index (χ0) is 8.70. The molecule has 0 saturated heterocycles. The fourth-order valence-corrected chi connectivity index (χ4v) is 1.16. The van der Waals surface area contributed by atoms with Gasteiger partial charge in [-0.05, 0) is 19.1 Å². The van der Waals surface area contributed by atoms with E-state index in [4.69, 9.17) is 34.8 Å². The van der Waals surface area contributed by atoms with Crippen molar-refractivity contribution in [2.75, 3.05) is 0 Å². The number of rotatable bonds is 0. The molecular formula is C7H6Cl3F. The van der Waals surface area contributed by atoms with Crippen LogP contribution in [-0.2, 0) is 0 Å². The Kier molecular flexibility index (Phi) is 2.26. The standard InChI is InChI=1S/C7H6Cl3F/c1-6(8)3-2-5(11)4-7(6,9)10/h2-4H,1H3. The van der Waals surface area contributed by atoms with Gasteiger partial charge in [0.05, 0.1) is 4.87 Å². The van der Waals surface area contributed by atoms with Crippen LogP contribution in [0.5, 0.6) is 0 Å². The lowest BCUT2D eigenvalue weighted by atomic mass is 10.0. The van der Waals surface area contributed by atoms with E-state index in [-0.39, 0.29) is 0 Å². The Morgan fingerprint density at radius 3 is 2.27 bits per heavy atom. The lowest BCUT2D eigenvalue weighted by Gasteiger charge is -2.31. The summed E-state index contributed by atoms with van der Waals surface area (Å²) in [6.45, 7) is 1.62. The van der Waals surface area contributed by atoms with Crippen molar-refractivity contribution in [2.24, 2.45) is 0 Å². The van der Waals surface area contributed by atoms with Crippen LogP contribution in [0.4, 0.5) is 4.39 Å². The summed E-state index contributed by atoms with van der Waals surface area (Å²) in [4.78, 5) is -0.939. The second-order valence-corrected chi connectivity index (χ2v) is 4.73. The van der Waals surface area contributed by atoms with Crippen molar-refractivity contribution < 1.29 is 4.39 Å². The van der Waals surface area contributed by atoms with E-state index in [0.29, 0.717) is 0 Å². The predicted molar refractivity (Wildman–Crippen MR) is 47.0 cm³/mol. The van der Waals surface area contributed by atoms with E-state index in [2.05, 4.69) is 0 Å². The average molecular weight is 215 g/mol. The smallest absolute Gasteiger partial charge is 0.161 e.